The fourth-order valence-electron chi connectivity index (χ4n) is 1.49. The number of hydrogen-bond acceptors (Lipinski definition) is 3. The zero-order valence-corrected chi connectivity index (χ0v) is 9.64. The molecule has 17 heavy (non-hydrogen) atoms. The first-order valence-electron chi connectivity index (χ1n) is 5.30. The standard InChI is InChI=1S/C12H16N2O3/c1-8(15)14-11(12(16)17)6-9-2-4-10(7-13)5-3-9/h2-5,11H,6-7,13H2,1H3,(H,14,15)(H,16,17)/t11-/m0/s1. The molecule has 0 unspecified atom stereocenters. The lowest BCUT2D eigenvalue weighted by atomic mass is 10.0. The van der Waals surface area contributed by atoms with Gasteiger partial charge < -0.3 is 16.2 Å². The van der Waals surface area contributed by atoms with Crippen molar-refractivity contribution < 1.29 is 14.7 Å². The molecule has 1 rings (SSSR count). The van der Waals surface area contributed by atoms with E-state index in [4.69, 9.17) is 10.8 Å². The molecule has 1 atom stereocenters. The Kier molecular flexibility index (Phi) is 4.66. The van der Waals surface area contributed by atoms with Crippen LogP contribution in [0.15, 0.2) is 24.3 Å². The lowest BCUT2D eigenvalue weighted by Gasteiger charge is -2.13. The maximum atomic E-state index is 10.9. The van der Waals surface area contributed by atoms with Crippen LogP contribution in [0.25, 0.3) is 0 Å². The van der Waals surface area contributed by atoms with Crippen molar-refractivity contribution in [2.24, 2.45) is 5.73 Å². The average Bonchev–Trinajstić information content (AvgIpc) is 2.28. The van der Waals surface area contributed by atoms with Gasteiger partial charge in [0.1, 0.15) is 6.04 Å². The Bertz CT molecular complexity index is 401. The van der Waals surface area contributed by atoms with Crippen molar-refractivity contribution in [2.75, 3.05) is 0 Å². The number of nitrogens with two attached hydrogens (primary N) is 1. The smallest absolute Gasteiger partial charge is 0.326 e. The second-order valence-electron chi connectivity index (χ2n) is 3.82. The molecule has 0 heterocycles. The van der Waals surface area contributed by atoms with Crippen LogP contribution in [0, 0.1) is 0 Å². The van der Waals surface area contributed by atoms with E-state index in [9.17, 15) is 9.59 Å². The van der Waals surface area contributed by atoms with Crippen LogP contribution in [0.1, 0.15) is 18.1 Å². The van der Waals surface area contributed by atoms with E-state index >= 15 is 0 Å². The Morgan fingerprint density at radius 3 is 2.24 bits per heavy atom. The maximum absolute atomic E-state index is 10.9. The molecule has 92 valence electrons. The molecular weight excluding hydrogens is 220 g/mol. The van der Waals surface area contributed by atoms with E-state index in [1.165, 1.54) is 6.92 Å². The average molecular weight is 236 g/mol. The molecule has 4 N–H and O–H groups in total. The molecule has 0 aliphatic rings. The van der Waals surface area contributed by atoms with Crippen molar-refractivity contribution in [1.29, 1.82) is 0 Å². The van der Waals surface area contributed by atoms with Gasteiger partial charge in [0, 0.05) is 19.9 Å². The van der Waals surface area contributed by atoms with Gasteiger partial charge in [0.2, 0.25) is 5.91 Å². The number of benzene rings is 1. The molecule has 1 amide bonds. The number of hydrogen-bond donors (Lipinski definition) is 3. The quantitative estimate of drug-likeness (QED) is 0.684. The summed E-state index contributed by atoms with van der Waals surface area (Å²) in [6, 6.07) is 6.44. The molecule has 0 bridgehead atoms. The van der Waals surface area contributed by atoms with E-state index < -0.39 is 12.0 Å². The van der Waals surface area contributed by atoms with Gasteiger partial charge in [-0.05, 0) is 11.1 Å². The Hall–Kier alpha value is -1.88. The van der Waals surface area contributed by atoms with E-state index in [1.54, 1.807) is 0 Å². The molecule has 0 radical (unpaired) electrons. The monoisotopic (exact) mass is 236 g/mol. The summed E-state index contributed by atoms with van der Waals surface area (Å²) in [6.07, 6.45) is 0.264. The summed E-state index contributed by atoms with van der Waals surface area (Å²) in [5.41, 5.74) is 7.30. The molecule has 0 saturated carbocycles. The second kappa shape index (κ2) is 6.00. The molecule has 1 aromatic rings. The van der Waals surface area contributed by atoms with Crippen LogP contribution in [0.4, 0.5) is 0 Å². The van der Waals surface area contributed by atoms with Gasteiger partial charge in [0.15, 0.2) is 0 Å². The van der Waals surface area contributed by atoms with Crippen molar-refractivity contribution >= 4 is 11.9 Å². The first-order chi connectivity index (χ1) is 8.02. The van der Waals surface area contributed by atoms with Gasteiger partial charge in [-0.2, -0.15) is 0 Å². The summed E-state index contributed by atoms with van der Waals surface area (Å²) in [6.45, 7) is 1.75. The summed E-state index contributed by atoms with van der Waals surface area (Å²) >= 11 is 0. The Morgan fingerprint density at radius 2 is 1.82 bits per heavy atom. The molecule has 5 nitrogen and oxygen atoms in total. The van der Waals surface area contributed by atoms with Gasteiger partial charge in [0.25, 0.3) is 0 Å². The van der Waals surface area contributed by atoms with Gasteiger partial charge in [0.05, 0.1) is 0 Å². The Balaban J connectivity index is 2.71. The van der Waals surface area contributed by atoms with Crippen molar-refractivity contribution in [2.45, 2.75) is 25.9 Å². The molecule has 0 spiro atoms. The summed E-state index contributed by atoms with van der Waals surface area (Å²) in [7, 11) is 0. The van der Waals surface area contributed by atoms with Crippen LogP contribution < -0.4 is 11.1 Å². The molecule has 0 aromatic heterocycles. The highest BCUT2D eigenvalue weighted by Crippen LogP contribution is 2.07. The zero-order chi connectivity index (χ0) is 12.8. The molecule has 5 heteroatoms. The Labute approximate surface area is 99.6 Å². The summed E-state index contributed by atoms with van der Waals surface area (Å²) in [5.74, 6) is -1.39. The predicted octanol–water partition coefficient (Wildman–Crippen LogP) is 0.277. The van der Waals surface area contributed by atoms with Crippen LogP contribution in [-0.2, 0) is 22.6 Å². The third-order valence-corrected chi connectivity index (χ3v) is 2.37. The van der Waals surface area contributed by atoms with Crippen LogP contribution in [0.2, 0.25) is 0 Å². The largest absolute Gasteiger partial charge is 0.480 e. The molecule has 0 fully saturated rings. The number of amides is 1. The maximum Gasteiger partial charge on any atom is 0.326 e. The van der Waals surface area contributed by atoms with Gasteiger partial charge >= 0.3 is 5.97 Å². The van der Waals surface area contributed by atoms with Crippen LogP contribution in [0.5, 0.6) is 0 Å². The number of nitrogens with one attached hydrogen (secondary N) is 1. The third-order valence-electron chi connectivity index (χ3n) is 2.37. The van der Waals surface area contributed by atoms with E-state index in [0.717, 1.165) is 11.1 Å². The van der Waals surface area contributed by atoms with Crippen molar-refractivity contribution in [3.63, 3.8) is 0 Å². The minimum absolute atomic E-state index is 0.264. The number of carbonyl (C=O) groups is 2. The third kappa shape index (κ3) is 4.24. The summed E-state index contributed by atoms with van der Waals surface area (Å²) < 4.78 is 0. The highest BCUT2D eigenvalue weighted by molar-refractivity contribution is 5.82. The van der Waals surface area contributed by atoms with E-state index in [-0.39, 0.29) is 12.3 Å². The number of aliphatic carboxylic acids is 1. The second-order valence-corrected chi connectivity index (χ2v) is 3.82. The summed E-state index contributed by atoms with van der Waals surface area (Å²) in [5, 5.41) is 11.3. The van der Waals surface area contributed by atoms with Crippen LogP contribution in [-0.4, -0.2) is 23.0 Å². The fourth-order valence-corrected chi connectivity index (χ4v) is 1.49. The highest BCUT2D eigenvalue weighted by Gasteiger charge is 2.18. The number of rotatable bonds is 5. The van der Waals surface area contributed by atoms with Crippen molar-refractivity contribution in [1.82, 2.24) is 5.32 Å². The minimum atomic E-state index is -1.04. The molecular formula is C12H16N2O3. The van der Waals surface area contributed by atoms with E-state index in [0.29, 0.717) is 6.54 Å². The lowest BCUT2D eigenvalue weighted by molar-refractivity contribution is -0.141. The topological polar surface area (TPSA) is 92.4 Å². The molecule has 1 aromatic carbocycles. The first-order valence-corrected chi connectivity index (χ1v) is 5.30. The van der Waals surface area contributed by atoms with Crippen LogP contribution in [0.3, 0.4) is 0 Å². The highest BCUT2D eigenvalue weighted by atomic mass is 16.4. The number of carboxylic acid groups (broad SMARTS) is 1. The van der Waals surface area contributed by atoms with Gasteiger partial charge in [-0.25, -0.2) is 4.79 Å². The predicted molar refractivity (Wildman–Crippen MR) is 63.3 cm³/mol. The number of carboxylic acids is 1. The molecule has 0 aliphatic carbocycles. The SMILES string of the molecule is CC(=O)N[C@@H](Cc1ccc(CN)cc1)C(=O)O. The Morgan fingerprint density at radius 1 is 1.29 bits per heavy atom. The van der Waals surface area contributed by atoms with Gasteiger partial charge in [-0.15, -0.1) is 0 Å². The summed E-state index contributed by atoms with van der Waals surface area (Å²) in [4.78, 5) is 21.8. The first kappa shape index (κ1) is 13.2. The molecule has 0 aliphatic heterocycles. The van der Waals surface area contributed by atoms with Crippen molar-refractivity contribution in [3.8, 4) is 0 Å². The van der Waals surface area contributed by atoms with E-state index in [1.807, 2.05) is 24.3 Å². The van der Waals surface area contributed by atoms with Crippen LogP contribution >= 0.6 is 0 Å². The van der Waals surface area contributed by atoms with Gasteiger partial charge in [-0.1, -0.05) is 24.3 Å². The minimum Gasteiger partial charge on any atom is -0.480 e. The zero-order valence-electron chi connectivity index (χ0n) is 9.64. The normalized spacial score (nSPS) is 11.9. The molecule has 0 saturated heterocycles. The van der Waals surface area contributed by atoms with Gasteiger partial charge in [-0.3, -0.25) is 4.79 Å². The van der Waals surface area contributed by atoms with Crippen molar-refractivity contribution in [3.05, 3.63) is 35.4 Å². The van der Waals surface area contributed by atoms with E-state index in [2.05, 4.69) is 5.32 Å². The fraction of sp³-hybridized carbons (Fsp3) is 0.333. The lowest BCUT2D eigenvalue weighted by Crippen LogP contribution is -2.41. The number of carbonyl (C=O) groups excluding carboxylic acids is 1.